The predicted molar refractivity (Wildman–Crippen MR) is 113 cm³/mol. The molecule has 0 bridgehead atoms. The molecular formula is C21H25ClN4O. The molecule has 3 aromatic rings. The van der Waals surface area contributed by atoms with Crippen LogP contribution in [0.1, 0.15) is 24.0 Å². The van der Waals surface area contributed by atoms with Crippen LogP contribution in [0.15, 0.2) is 42.5 Å². The van der Waals surface area contributed by atoms with E-state index in [0.29, 0.717) is 5.95 Å². The van der Waals surface area contributed by atoms with Crippen LogP contribution in [0.3, 0.4) is 0 Å². The van der Waals surface area contributed by atoms with Gasteiger partial charge < -0.3 is 15.4 Å². The number of hydrogen-bond acceptors (Lipinski definition) is 5. The Bertz CT molecular complexity index is 905. The predicted octanol–water partition coefficient (Wildman–Crippen LogP) is 5.00. The summed E-state index contributed by atoms with van der Waals surface area (Å²) in [5, 5.41) is 7.84. The maximum absolute atomic E-state index is 5.72. The molecule has 1 aromatic heterocycles. The van der Waals surface area contributed by atoms with E-state index in [2.05, 4.69) is 47.7 Å². The fourth-order valence-corrected chi connectivity index (χ4v) is 3.46. The minimum atomic E-state index is 0. The number of rotatable bonds is 5. The van der Waals surface area contributed by atoms with Gasteiger partial charge in [0.1, 0.15) is 5.82 Å². The minimum Gasteiger partial charge on any atom is -0.376 e. The molecule has 2 N–H and O–H groups in total. The molecule has 1 aliphatic heterocycles. The van der Waals surface area contributed by atoms with E-state index in [1.165, 1.54) is 11.1 Å². The van der Waals surface area contributed by atoms with Gasteiger partial charge in [0.05, 0.1) is 11.6 Å². The van der Waals surface area contributed by atoms with Crippen molar-refractivity contribution in [2.45, 2.75) is 32.8 Å². The highest BCUT2D eigenvalue weighted by Crippen LogP contribution is 2.25. The number of benzene rings is 2. The summed E-state index contributed by atoms with van der Waals surface area (Å²) < 4.78 is 5.72. The van der Waals surface area contributed by atoms with Gasteiger partial charge in [-0.05, 0) is 62.1 Å². The lowest BCUT2D eigenvalue weighted by molar-refractivity contribution is 0.120. The van der Waals surface area contributed by atoms with Gasteiger partial charge in [-0.25, -0.2) is 4.98 Å². The summed E-state index contributed by atoms with van der Waals surface area (Å²) in [6.45, 7) is 5.81. The maximum Gasteiger partial charge on any atom is 0.229 e. The van der Waals surface area contributed by atoms with Gasteiger partial charge in [0.15, 0.2) is 0 Å². The molecule has 1 atom stereocenters. The summed E-state index contributed by atoms with van der Waals surface area (Å²) in [5.74, 6) is 1.45. The molecule has 142 valence electrons. The molecule has 2 heterocycles. The van der Waals surface area contributed by atoms with Crippen molar-refractivity contribution in [2.24, 2.45) is 0 Å². The largest absolute Gasteiger partial charge is 0.376 e. The van der Waals surface area contributed by atoms with Crippen molar-refractivity contribution >= 4 is 40.8 Å². The summed E-state index contributed by atoms with van der Waals surface area (Å²) in [7, 11) is 0. The summed E-state index contributed by atoms with van der Waals surface area (Å²) in [5.41, 5.74) is 4.35. The van der Waals surface area contributed by atoms with Crippen LogP contribution in [0.2, 0.25) is 0 Å². The zero-order valence-electron chi connectivity index (χ0n) is 15.7. The first-order chi connectivity index (χ1) is 12.7. The van der Waals surface area contributed by atoms with E-state index in [4.69, 9.17) is 9.72 Å². The van der Waals surface area contributed by atoms with E-state index in [1.807, 2.05) is 24.3 Å². The fraction of sp³-hybridized carbons (Fsp3) is 0.333. The van der Waals surface area contributed by atoms with E-state index < -0.39 is 0 Å². The third kappa shape index (κ3) is 4.67. The van der Waals surface area contributed by atoms with E-state index in [0.717, 1.165) is 48.4 Å². The van der Waals surface area contributed by atoms with Gasteiger partial charge >= 0.3 is 0 Å². The first-order valence-corrected chi connectivity index (χ1v) is 9.15. The van der Waals surface area contributed by atoms with Crippen LogP contribution in [0.4, 0.5) is 17.5 Å². The lowest BCUT2D eigenvalue weighted by Crippen LogP contribution is -2.19. The number of anilines is 3. The maximum atomic E-state index is 5.72. The van der Waals surface area contributed by atoms with E-state index >= 15 is 0 Å². The number of aryl methyl sites for hydroxylation is 2. The zero-order chi connectivity index (χ0) is 17.9. The lowest BCUT2D eigenvalue weighted by Gasteiger charge is -2.15. The first-order valence-electron chi connectivity index (χ1n) is 9.15. The van der Waals surface area contributed by atoms with Crippen molar-refractivity contribution in [1.82, 2.24) is 9.97 Å². The zero-order valence-corrected chi connectivity index (χ0v) is 16.5. The Labute approximate surface area is 166 Å². The Kier molecular flexibility index (Phi) is 6.14. The summed E-state index contributed by atoms with van der Waals surface area (Å²) in [6.07, 6.45) is 2.50. The highest BCUT2D eigenvalue weighted by Gasteiger charge is 2.16. The molecular weight excluding hydrogens is 360 g/mol. The molecule has 1 fully saturated rings. The number of para-hydroxylation sites is 1. The Balaban J connectivity index is 0.00000210. The van der Waals surface area contributed by atoms with Crippen LogP contribution in [0, 0.1) is 13.8 Å². The number of nitrogens with zero attached hydrogens (tertiary/aromatic N) is 2. The molecule has 0 amide bonds. The van der Waals surface area contributed by atoms with Crippen molar-refractivity contribution in [1.29, 1.82) is 0 Å². The third-order valence-electron chi connectivity index (χ3n) is 4.60. The van der Waals surface area contributed by atoms with Crippen molar-refractivity contribution in [3.8, 4) is 0 Å². The van der Waals surface area contributed by atoms with Gasteiger partial charge in [-0.3, -0.25) is 0 Å². The molecule has 0 aliphatic carbocycles. The van der Waals surface area contributed by atoms with Crippen molar-refractivity contribution in [3.63, 3.8) is 0 Å². The van der Waals surface area contributed by atoms with Crippen LogP contribution in [-0.2, 0) is 4.74 Å². The first kappa shape index (κ1) is 19.4. The molecule has 4 rings (SSSR count). The van der Waals surface area contributed by atoms with Gasteiger partial charge in [0.2, 0.25) is 5.95 Å². The number of hydrogen-bond donors (Lipinski definition) is 2. The molecule has 0 spiro atoms. The fourth-order valence-electron chi connectivity index (χ4n) is 3.46. The average molecular weight is 385 g/mol. The Morgan fingerprint density at radius 1 is 1.07 bits per heavy atom. The Morgan fingerprint density at radius 3 is 2.59 bits per heavy atom. The number of nitrogens with one attached hydrogen (secondary N) is 2. The molecule has 6 heteroatoms. The Hall–Kier alpha value is -2.37. The summed E-state index contributed by atoms with van der Waals surface area (Å²) >= 11 is 0. The molecule has 1 saturated heterocycles. The van der Waals surface area contributed by atoms with Gasteiger partial charge in [-0.1, -0.05) is 18.2 Å². The van der Waals surface area contributed by atoms with Gasteiger partial charge in [0.25, 0.3) is 0 Å². The second-order valence-electron chi connectivity index (χ2n) is 6.93. The van der Waals surface area contributed by atoms with Crippen LogP contribution < -0.4 is 10.6 Å². The van der Waals surface area contributed by atoms with Gasteiger partial charge in [0, 0.05) is 24.2 Å². The molecule has 1 unspecified atom stereocenters. The van der Waals surface area contributed by atoms with E-state index in [-0.39, 0.29) is 18.5 Å². The number of halogens is 1. The highest BCUT2D eigenvalue weighted by molar-refractivity contribution is 5.90. The van der Waals surface area contributed by atoms with Gasteiger partial charge in [-0.15, -0.1) is 12.4 Å². The average Bonchev–Trinajstić information content (AvgIpc) is 3.12. The SMILES string of the molecule is Cc1cc(C)cc(Nc2nc(NCC3CCCO3)c3ccccc3n2)c1.Cl. The number of fused-ring (bicyclic) bond motifs is 1. The summed E-state index contributed by atoms with van der Waals surface area (Å²) in [4.78, 5) is 9.40. The van der Waals surface area contributed by atoms with Crippen LogP contribution >= 0.6 is 12.4 Å². The quantitative estimate of drug-likeness (QED) is 0.648. The van der Waals surface area contributed by atoms with Gasteiger partial charge in [-0.2, -0.15) is 4.98 Å². The number of ether oxygens (including phenoxy) is 1. The topological polar surface area (TPSA) is 59.1 Å². The second-order valence-corrected chi connectivity index (χ2v) is 6.93. The molecule has 2 aromatic carbocycles. The van der Waals surface area contributed by atoms with Crippen molar-refractivity contribution in [2.75, 3.05) is 23.8 Å². The Morgan fingerprint density at radius 2 is 1.85 bits per heavy atom. The third-order valence-corrected chi connectivity index (χ3v) is 4.60. The molecule has 0 radical (unpaired) electrons. The molecule has 27 heavy (non-hydrogen) atoms. The van der Waals surface area contributed by atoms with Crippen LogP contribution in [0.25, 0.3) is 10.9 Å². The second kappa shape index (κ2) is 8.55. The minimum absolute atomic E-state index is 0. The molecule has 1 aliphatic rings. The number of aromatic nitrogens is 2. The van der Waals surface area contributed by atoms with Crippen LogP contribution in [-0.4, -0.2) is 29.2 Å². The van der Waals surface area contributed by atoms with Crippen LogP contribution in [0.5, 0.6) is 0 Å². The molecule has 0 saturated carbocycles. The molecule has 5 nitrogen and oxygen atoms in total. The van der Waals surface area contributed by atoms with Crippen molar-refractivity contribution < 1.29 is 4.74 Å². The lowest BCUT2D eigenvalue weighted by atomic mass is 10.1. The van der Waals surface area contributed by atoms with Crippen molar-refractivity contribution in [3.05, 3.63) is 53.6 Å². The summed E-state index contributed by atoms with van der Waals surface area (Å²) in [6, 6.07) is 14.4. The van der Waals surface area contributed by atoms with E-state index in [1.54, 1.807) is 0 Å². The normalized spacial score (nSPS) is 16.1. The standard InChI is InChI=1S/C21H24N4O.ClH/c1-14-10-15(2)12-16(11-14)23-21-24-19-8-4-3-7-18(19)20(25-21)22-13-17-6-5-9-26-17;/h3-4,7-8,10-12,17H,5-6,9,13H2,1-2H3,(H2,22,23,24,25);1H. The van der Waals surface area contributed by atoms with E-state index in [9.17, 15) is 0 Å². The smallest absolute Gasteiger partial charge is 0.229 e. The monoisotopic (exact) mass is 384 g/mol. The highest BCUT2D eigenvalue weighted by atomic mass is 35.5.